The average Bonchev–Trinajstić information content (AvgIpc) is 3.78. The summed E-state index contributed by atoms with van der Waals surface area (Å²) in [5.41, 5.74) is 2.79. The summed E-state index contributed by atoms with van der Waals surface area (Å²) in [6, 6.07) is 24.4. The predicted octanol–water partition coefficient (Wildman–Crippen LogP) is 6.39. The van der Waals surface area contributed by atoms with E-state index in [-0.39, 0.29) is 17.0 Å². The predicted molar refractivity (Wildman–Crippen MR) is 169 cm³/mol. The monoisotopic (exact) mass is 629 g/mol. The quantitative estimate of drug-likeness (QED) is 0.119. The molecule has 8 nitrogen and oxygen atoms in total. The summed E-state index contributed by atoms with van der Waals surface area (Å²) in [5.74, 6) is 0.452. The molecule has 6 rings (SSSR count). The van der Waals surface area contributed by atoms with Gasteiger partial charge in [0.15, 0.2) is 5.16 Å². The van der Waals surface area contributed by atoms with Gasteiger partial charge in [0, 0.05) is 39.2 Å². The standard InChI is InChI=1S/C30H23N5O3S4/c31-16-23-28(27-12-11-26(41-27)25-6-3-15-39-25)34-30(35-29(23)36)40-18-19-7-9-21(10-8-19)42(37,38)33-14-13-20-17-32-24-5-2-1-4-22(20)24/h1-12,15,17,32-33H,13-14,18H2,(H,34,35,36). The van der Waals surface area contributed by atoms with Crippen LogP contribution in [-0.2, 0) is 22.2 Å². The van der Waals surface area contributed by atoms with E-state index in [1.54, 1.807) is 35.6 Å². The van der Waals surface area contributed by atoms with Gasteiger partial charge in [0.1, 0.15) is 17.3 Å². The molecule has 3 N–H and O–H groups in total. The van der Waals surface area contributed by atoms with Gasteiger partial charge in [-0.2, -0.15) is 5.26 Å². The van der Waals surface area contributed by atoms with Gasteiger partial charge in [-0.25, -0.2) is 18.1 Å². The fourth-order valence-electron chi connectivity index (χ4n) is 4.48. The van der Waals surface area contributed by atoms with Crippen LogP contribution in [0.1, 0.15) is 16.7 Å². The molecule has 6 aromatic rings. The van der Waals surface area contributed by atoms with E-state index in [9.17, 15) is 18.5 Å². The highest BCUT2D eigenvalue weighted by atomic mass is 32.2. The number of rotatable bonds is 10. The fourth-order valence-corrected chi connectivity index (χ4v) is 8.16. The van der Waals surface area contributed by atoms with Crippen molar-refractivity contribution in [3.63, 3.8) is 0 Å². The fraction of sp³-hybridized carbons (Fsp3) is 0.100. The molecule has 0 aliphatic carbocycles. The van der Waals surface area contributed by atoms with Gasteiger partial charge in [-0.15, -0.1) is 22.7 Å². The molecule has 0 unspecified atom stereocenters. The van der Waals surface area contributed by atoms with Crippen LogP contribution in [0.25, 0.3) is 31.2 Å². The Kier molecular flexibility index (Phi) is 8.10. The molecule has 210 valence electrons. The van der Waals surface area contributed by atoms with E-state index in [2.05, 4.69) is 19.7 Å². The summed E-state index contributed by atoms with van der Waals surface area (Å²) in [6.45, 7) is 0.279. The number of hydrogen-bond acceptors (Lipinski definition) is 8. The Bertz CT molecular complexity index is 2070. The molecule has 0 atom stereocenters. The van der Waals surface area contributed by atoms with E-state index in [1.165, 1.54) is 23.1 Å². The zero-order valence-electron chi connectivity index (χ0n) is 22.0. The third-order valence-electron chi connectivity index (χ3n) is 6.58. The number of hydrogen-bond donors (Lipinski definition) is 3. The number of sulfonamides is 1. The second kappa shape index (κ2) is 12.1. The highest BCUT2D eigenvalue weighted by molar-refractivity contribution is 7.98. The minimum absolute atomic E-state index is 0.0225. The van der Waals surface area contributed by atoms with E-state index >= 15 is 0 Å². The summed E-state index contributed by atoms with van der Waals surface area (Å²) in [4.78, 5) is 26.3. The maximum absolute atomic E-state index is 12.9. The summed E-state index contributed by atoms with van der Waals surface area (Å²) in [7, 11) is -3.67. The Morgan fingerprint density at radius 1 is 0.976 bits per heavy atom. The maximum atomic E-state index is 12.9. The lowest BCUT2D eigenvalue weighted by atomic mass is 10.1. The molecule has 0 aliphatic heterocycles. The van der Waals surface area contributed by atoms with E-state index in [0.717, 1.165) is 36.7 Å². The second-order valence-corrected chi connectivity index (χ2v) is 14.1. The largest absolute Gasteiger partial charge is 0.361 e. The van der Waals surface area contributed by atoms with Crippen molar-refractivity contribution >= 4 is 55.4 Å². The van der Waals surface area contributed by atoms with Crippen LogP contribution in [0.2, 0.25) is 0 Å². The van der Waals surface area contributed by atoms with Crippen LogP contribution >= 0.6 is 34.4 Å². The highest BCUT2D eigenvalue weighted by Gasteiger charge is 2.17. The van der Waals surface area contributed by atoms with Gasteiger partial charge in [0.2, 0.25) is 10.0 Å². The number of fused-ring (bicyclic) bond motifs is 1. The van der Waals surface area contributed by atoms with Gasteiger partial charge in [-0.1, -0.05) is 48.2 Å². The molecule has 0 spiro atoms. The zero-order chi connectivity index (χ0) is 29.1. The van der Waals surface area contributed by atoms with Crippen molar-refractivity contribution in [2.24, 2.45) is 0 Å². The van der Waals surface area contributed by atoms with Crippen molar-refractivity contribution < 1.29 is 8.42 Å². The van der Waals surface area contributed by atoms with Crippen LogP contribution < -0.4 is 10.3 Å². The SMILES string of the molecule is N#Cc1c(-c2ccc(-c3cccs3)s2)nc(SCc2ccc(S(=O)(=O)NCCc3c[nH]c4ccccc34)cc2)[nH]c1=O. The molecule has 42 heavy (non-hydrogen) atoms. The van der Waals surface area contributed by atoms with Crippen molar-refractivity contribution in [3.05, 3.63) is 111 Å². The maximum Gasteiger partial charge on any atom is 0.270 e. The number of nitriles is 1. The lowest BCUT2D eigenvalue weighted by Gasteiger charge is -2.08. The van der Waals surface area contributed by atoms with E-state index in [1.807, 2.05) is 66.2 Å². The van der Waals surface area contributed by atoms with Crippen molar-refractivity contribution in [2.75, 3.05) is 6.54 Å². The second-order valence-electron chi connectivity index (χ2n) is 9.29. The van der Waals surface area contributed by atoms with Gasteiger partial charge >= 0.3 is 0 Å². The average molecular weight is 630 g/mol. The van der Waals surface area contributed by atoms with Gasteiger partial charge in [-0.3, -0.25) is 4.79 Å². The summed E-state index contributed by atoms with van der Waals surface area (Å²) in [5, 5.41) is 13.1. The minimum atomic E-state index is -3.67. The Labute approximate surface area is 254 Å². The Balaban J connectivity index is 1.11. The number of benzene rings is 2. The van der Waals surface area contributed by atoms with Gasteiger partial charge in [0.05, 0.1) is 9.77 Å². The smallest absolute Gasteiger partial charge is 0.270 e. The highest BCUT2D eigenvalue weighted by Crippen LogP contribution is 2.37. The van der Waals surface area contributed by atoms with Crippen LogP contribution in [0, 0.1) is 11.3 Å². The van der Waals surface area contributed by atoms with E-state index in [4.69, 9.17) is 0 Å². The van der Waals surface area contributed by atoms with Crippen molar-refractivity contribution in [2.45, 2.75) is 22.2 Å². The number of para-hydroxylation sites is 1. The number of thiophene rings is 2. The van der Waals surface area contributed by atoms with Crippen LogP contribution in [-0.4, -0.2) is 29.9 Å². The molecule has 12 heteroatoms. The van der Waals surface area contributed by atoms with Crippen LogP contribution in [0.15, 0.2) is 99.2 Å². The number of nitrogens with zero attached hydrogens (tertiary/aromatic N) is 2. The number of aromatic nitrogens is 3. The number of aromatic amines is 2. The lowest BCUT2D eigenvalue weighted by Crippen LogP contribution is -2.25. The molecule has 0 saturated heterocycles. The Morgan fingerprint density at radius 2 is 1.79 bits per heavy atom. The number of nitrogens with one attached hydrogen (secondary N) is 3. The Hall–Kier alpha value is -3.99. The minimum Gasteiger partial charge on any atom is -0.361 e. The van der Waals surface area contributed by atoms with Gasteiger partial charge < -0.3 is 9.97 Å². The lowest BCUT2D eigenvalue weighted by molar-refractivity contribution is 0.581. The first-order chi connectivity index (χ1) is 20.4. The molecule has 0 fully saturated rings. The zero-order valence-corrected chi connectivity index (χ0v) is 25.2. The summed E-state index contributed by atoms with van der Waals surface area (Å²) < 4.78 is 28.4. The van der Waals surface area contributed by atoms with Crippen molar-refractivity contribution in [1.29, 1.82) is 5.26 Å². The molecule has 0 bridgehead atoms. The molecule has 0 radical (unpaired) electrons. The molecular formula is C30H23N5O3S4. The molecular weight excluding hydrogens is 607 g/mol. The molecule has 0 amide bonds. The van der Waals surface area contributed by atoms with Gasteiger partial charge in [0.25, 0.3) is 5.56 Å². The van der Waals surface area contributed by atoms with Crippen LogP contribution in [0.4, 0.5) is 0 Å². The first kappa shape index (κ1) is 28.1. The summed E-state index contributed by atoms with van der Waals surface area (Å²) >= 11 is 4.42. The van der Waals surface area contributed by atoms with Crippen LogP contribution in [0.3, 0.4) is 0 Å². The molecule has 4 aromatic heterocycles. The number of thioether (sulfide) groups is 1. The van der Waals surface area contributed by atoms with E-state index in [0.29, 0.717) is 23.0 Å². The first-order valence-electron chi connectivity index (χ1n) is 12.9. The van der Waals surface area contributed by atoms with E-state index < -0.39 is 15.6 Å². The molecule has 0 aliphatic rings. The Morgan fingerprint density at radius 3 is 2.57 bits per heavy atom. The van der Waals surface area contributed by atoms with Crippen molar-refractivity contribution in [3.8, 4) is 26.4 Å². The summed E-state index contributed by atoms with van der Waals surface area (Å²) in [6.07, 6.45) is 2.48. The number of H-pyrrole nitrogens is 2. The first-order valence-corrected chi connectivity index (χ1v) is 17.0. The molecule has 4 heterocycles. The van der Waals surface area contributed by atoms with Crippen molar-refractivity contribution in [1.82, 2.24) is 19.7 Å². The normalized spacial score (nSPS) is 11.6. The topological polar surface area (TPSA) is 131 Å². The van der Waals surface area contributed by atoms with Crippen LogP contribution in [0.5, 0.6) is 0 Å². The molecule has 0 saturated carbocycles. The molecule has 2 aromatic carbocycles. The third-order valence-corrected chi connectivity index (χ3v) is 11.2. The van der Waals surface area contributed by atoms with Gasteiger partial charge in [-0.05, 0) is 59.3 Å². The third kappa shape index (κ3) is 5.97.